The standard InChI is InChI=1S/C12H16N2O/c1-3-13-12(15)14-9-8-11-7-5-4-6-10(11)2/h3-7H,1,8-9H2,2H3,(H2,13,14,15). The lowest BCUT2D eigenvalue weighted by molar-refractivity contribution is 0.244. The molecule has 2 amide bonds. The quantitative estimate of drug-likeness (QED) is 0.773. The average molecular weight is 204 g/mol. The summed E-state index contributed by atoms with van der Waals surface area (Å²) in [5, 5.41) is 5.20. The van der Waals surface area contributed by atoms with E-state index in [1.165, 1.54) is 17.3 Å². The second kappa shape index (κ2) is 5.86. The molecule has 0 unspecified atom stereocenters. The van der Waals surface area contributed by atoms with Crippen LogP contribution < -0.4 is 10.6 Å². The highest BCUT2D eigenvalue weighted by Crippen LogP contribution is 2.06. The number of aryl methyl sites for hydroxylation is 1. The molecule has 0 aliphatic heterocycles. The third-order valence-corrected chi connectivity index (χ3v) is 2.17. The van der Waals surface area contributed by atoms with Gasteiger partial charge in [-0.2, -0.15) is 0 Å². The van der Waals surface area contributed by atoms with E-state index in [1.807, 2.05) is 12.1 Å². The molecule has 1 rings (SSSR count). The van der Waals surface area contributed by atoms with Crippen LogP contribution in [0.2, 0.25) is 0 Å². The average Bonchev–Trinajstić information content (AvgIpc) is 2.21. The molecule has 0 aromatic heterocycles. The van der Waals surface area contributed by atoms with E-state index < -0.39 is 0 Å². The molecule has 0 spiro atoms. The molecule has 15 heavy (non-hydrogen) atoms. The Morgan fingerprint density at radius 3 is 2.87 bits per heavy atom. The summed E-state index contributed by atoms with van der Waals surface area (Å²) < 4.78 is 0. The van der Waals surface area contributed by atoms with Crippen molar-refractivity contribution in [2.75, 3.05) is 6.54 Å². The largest absolute Gasteiger partial charge is 0.338 e. The van der Waals surface area contributed by atoms with Crippen LogP contribution in [0, 0.1) is 6.92 Å². The Bertz CT molecular complexity index is 347. The van der Waals surface area contributed by atoms with Gasteiger partial charge in [-0.3, -0.25) is 0 Å². The molecule has 0 saturated heterocycles. The number of rotatable bonds is 4. The van der Waals surface area contributed by atoms with Crippen molar-refractivity contribution in [1.82, 2.24) is 10.6 Å². The van der Waals surface area contributed by atoms with Crippen LogP contribution in [0.4, 0.5) is 4.79 Å². The number of hydrogen-bond acceptors (Lipinski definition) is 1. The molecule has 80 valence electrons. The smallest absolute Gasteiger partial charge is 0.318 e. The zero-order valence-electron chi connectivity index (χ0n) is 8.92. The van der Waals surface area contributed by atoms with Crippen molar-refractivity contribution >= 4 is 6.03 Å². The normalized spacial score (nSPS) is 9.40. The molecule has 1 aromatic carbocycles. The summed E-state index contributed by atoms with van der Waals surface area (Å²) in [4.78, 5) is 11.0. The van der Waals surface area contributed by atoms with E-state index in [0.29, 0.717) is 6.54 Å². The molecule has 0 saturated carbocycles. The first-order chi connectivity index (χ1) is 7.24. The number of carbonyl (C=O) groups excluding carboxylic acids is 1. The zero-order valence-corrected chi connectivity index (χ0v) is 8.92. The minimum absolute atomic E-state index is 0.210. The molecule has 3 heteroatoms. The molecule has 0 atom stereocenters. The van der Waals surface area contributed by atoms with Gasteiger partial charge in [0, 0.05) is 6.54 Å². The van der Waals surface area contributed by atoms with Gasteiger partial charge in [-0.1, -0.05) is 30.8 Å². The van der Waals surface area contributed by atoms with Crippen LogP contribution in [-0.4, -0.2) is 12.6 Å². The van der Waals surface area contributed by atoms with Crippen LogP contribution in [0.1, 0.15) is 11.1 Å². The first-order valence-electron chi connectivity index (χ1n) is 4.94. The molecule has 2 N–H and O–H groups in total. The summed E-state index contributed by atoms with van der Waals surface area (Å²) in [7, 11) is 0. The lowest BCUT2D eigenvalue weighted by atomic mass is 10.1. The molecule has 0 radical (unpaired) electrons. The van der Waals surface area contributed by atoms with Crippen molar-refractivity contribution in [3.8, 4) is 0 Å². The molecular formula is C12H16N2O. The minimum Gasteiger partial charge on any atom is -0.338 e. The lowest BCUT2D eigenvalue weighted by Gasteiger charge is -2.06. The topological polar surface area (TPSA) is 41.1 Å². The monoisotopic (exact) mass is 204 g/mol. The Labute approximate surface area is 90.2 Å². The van der Waals surface area contributed by atoms with Gasteiger partial charge in [0.1, 0.15) is 0 Å². The van der Waals surface area contributed by atoms with Gasteiger partial charge < -0.3 is 10.6 Å². The second-order valence-electron chi connectivity index (χ2n) is 3.28. The van der Waals surface area contributed by atoms with E-state index in [4.69, 9.17) is 0 Å². The maximum Gasteiger partial charge on any atom is 0.318 e. The molecule has 0 bridgehead atoms. The van der Waals surface area contributed by atoms with E-state index in [9.17, 15) is 4.79 Å². The van der Waals surface area contributed by atoms with Crippen LogP contribution in [-0.2, 0) is 6.42 Å². The zero-order chi connectivity index (χ0) is 11.1. The summed E-state index contributed by atoms with van der Waals surface area (Å²) >= 11 is 0. The van der Waals surface area contributed by atoms with Gasteiger partial charge in [0.05, 0.1) is 0 Å². The number of carbonyl (C=O) groups is 1. The Balaban J connectivity index is 2.35. The number of nitrogens with one attached hydrogen (secondary N) is 2. The summed E-state index contributed by atoms with van der Waals surface area (Å²) in [6, 6.07) is 7.95. The third kappa shape index (κ3) is 3.85. The van der Waals surface area contributed by atoms with E-state index >= 15 is 0 Å². The lowest BCUT2D eigenvalue weighted by Crippen LogP contribution is -2.33. The van der Waals surface area contributed by atoms with Gasteiger partial charge in [0.2, 0.25) is 0 Å². The predicted octanol–water partition coefficient (Wildman–Crippen LogP) is 1.98. The van der Waals surface area contributed by atoms with E-state index in [-0.39, 0.29) is 6.03 Å². The van der Waals surface area contributed by atoms with Crippen molar-refractivity contribution in [3.63, 3.8) is 0 Å². The third-order valence-electron chi connectivity index (χ3n) is 2.17. The maximum atomic E-state index is 11.0. The van der Waals surface area contributed by atoms with Crippen LogP contribution in [0.5, 0.6) is 0 Å². The predicted molar refractivity (Wildman–Crippen MR) is 61.6 cm³/mol. The van der Waals surface area contributed by atoms with Crippen LogP contribution >= 0.6 is 0 Å². The Kier molecular flexibility index (Phi) is 4.41. The number of hydrogen-bond donors (Lipinski definition) is 2. The number of amides is 2. The second-order valence-corrected chi connectivity index (χ2v) is 3.28. The van der Waals surface area contributed by atoms with E-state index in [1.54, 1.807) is 0 Å². The van der Waals surface area contributed by atoms with Gasteiger partial charge >= 0.3 is 6.03 Å². The summed E-state index contributed by atoms with van der Waals surface area (Å²) in [6.45, 7) is 6.11. The van der Waals surface area contributed by atoms with Crippen molar-refractivity contribution in [1.29, 1.82) is 0 Å². The highest BCUT2D eigenvalue weighted by molar-refractivity contribution is 5.74. The van der Waals surface area contributed by atoms with Crippen LogP contribution in [0.25, 0.3) is 0 Å². The van der Waals surface area contributed by atoms with Gasteiger partial charge in [-0.05, 0) is 30.7 Å². The SMILES string of the molecule is C=CNC(=O)NCCc1ccccc1C. The molecule has 0 aliphatic rings. The van der Waals surface area contributed by atoms with Gasteiger partial charge in [-0.15, -0.1) is 0 Å². The van der Waals surface area contributed by atoms with Crippen molar-refractivity contribution in [3.05, 3.63) is 48.2 Å². The van der Waals surface area contributed by atoms with Crippen LogP contribution in [0.3, 0.4) is 0 Å². The van der Waals surface area contributed by atoms with Crippen LogP contribution in [0.15, 0.2) is 37.0 Å². The van der Waals surface area contributed by atoms with Gasteiger partial charge in [0.15, 0.2) is 0 Å². The molecular weight excluding hydrogens is 188 g/mol. The van der Waals surface area contributed by atoms with Crippen molar-refractivity contribution in [2.24, 2.45) is 0 Å². The molecule has 0 fully saturated rings. The first-order valence-corrected chi connectivity index (χ1v) is 4.94. The number of benzene rings is 1. The van der Waals surface area contributed by atoms with E-state index in [2.05, 4.69) is 36.3 Å². The molecule has 1 aromatic rings. The molecule has 3 nitrogen and oxygen atoms in total. The fourth-order valence-corrected chi connectivity index (χ4v) is 1.35. The fraction of sp³-hybridized carbons (Fsp3) is 0.250. The summed E-state index contributed by atoms with van der Waals surface area (Å²) in [5.74, 6) is 0. The fourth-order valence-electron chi connectivity index (χ4n) is 1.35. The summed E-state index contributed by atoms with van der Waals surface area (Å²) in [5.41, 5.74) is 2.51. The maximum absolute atomic E-state index is 11.0. The molecule has 0 aliphatic carbocycles. The first kappa shape index (κ1) is 11.3. The Morgan fingerprint density at radius 1 is 1.47 bits per heavy atom. The molecule has 0 heterocycles. The van der Waals surface area contributed by atoms with E-state index in [0.717, 1.165) is 6.42 Å². The van der Waals surface area contributed by atoms with Crippen molar-refractivity contribution < 1.29 is 4.79 Å². The Morgan fingerprint density at radius 2 is 2.20 bits per heavy atom. The van der Waals surface area contributed by atoms with Gasteiger partial charge in [0.25, 0.3) is 0 Å². The highest BCUT2D eigenvalue weighted by Gasteiger charge is 1.98. The number of urea groups is 1. The minimum atomic E-state index is -0.210. The summed E-state index contributed by atoms with van der Waals surface area (Å²) in [6.07, 6.45) is 2.21. The van der Waals surface area contributed by atoms with Crippen molar-refractivity contribution in [2.45, 2.75) is 13.3 Å². The highest BCUT2D eigenvalue weighted by atomic mass is 16.2. The van der Waals surface area contributed by atoms with Gasteiger partial charge in [-0.25, -0.2) is 4.79 Å². The Hall–Kier alpha value is -1.77.